The first kappa shape index (κ1) is 9.20. The molecular formula is C9H9N5O. The summed E-state index contributed by atoms with van der Waals surface area (Å²) in [5.41, 5.74) is 6.54. The van der Waals surface area contributed by atoms with Gasteiger partial charge < -0.3 is 16.2 Å². The van der Waals surface area contributed by atoms with Crippen LogP contribution in [0.3, 0.4) is 0 Å². The van der Waals surface area contributed by atoms with Gasteiger partial charge in [0.25, 0.3) is 0 Å². The number of nitrogens with zero attached hydrogens (tertiary/aromatic N) is 3. The third-order valence-corrected chi connectivity index (χ3v) is 1.78. The molecule has 0 aliphatic heterocycles. The molecule has 2 aromatic rings. The molecule has 0 saturated heterocycles. The predicted octanol–water partition coefficient (Wildman–Crippen LogP) is 0.903. The number of phenolic OH excluding ortho intramolecular Hbond substituents is 1. The lowest BCUT2D eigenvalue weighted by atomic mass is 10.2. The molecule has 0 bridgehead atoms. The number of aromatic nitrogens is 3. The minimum atomic E-state index is 0.0520. The summed E-state index contributed by atoms with van der Waals surface area (Å²) in [6.45, 7) is 0. The molecule has 0 aliphatic rings. The number of hydrogen-bond acceptors (Lipinski definition) is 6. The Bertz CT molecular complexity index is 459. The third-order valence-electron chi connectivity index (χ3n) is 1.78. The van der Waals surface area contributed by atoms with Crippen LogP contribution in [0.25, 0.3) is 0 Å². The van der Waals surface area contributed by atoms with Crippen LogP contribution in [0.15, 0.2) is 30.9 Å². The number of hydrogen-bond donors (Lipinski definition) is 3. The fraction of sp³-hybridized carbons (Fsp3) is 0. The number of phenols is 1. The Morgan fingerprint density at radius 1 is 1.20 bits per heavy atom. The lowest BCUT2D eigenvalue weighted by Gasteiger charge is -2.05. The first-order valence-corrected chi connectivity index (χ1v) is 4.23. The molecule has 0 atom stereocenters. The van der Waals surface area contributed by atoms with E-state index in [-0.39, 0.29) is 5.75 Å². The van der Waals surface area contributed by atoms with Crippen molar-refractivity contribution in [2.75, 3.05) is 11.1 Å². The van der Waals surface area contributed by atoms with Gasteiger partial charge in [0.1, 0.15) is 18.4 Å². The minimum Gasteiger partial charge on any atom is -0.506 e. The van der Waals surface area contributed by atoms with Crippen LogP contribution in [-0.2, 0) is 0 Å². The molecule has 1 aromatic carbocycles. The molecular weight excluding hydrogens is 194 g/mol. The zero-order valence-corrected chi connectivity index (χ0v) is 7.75. The van der Waals surface area contributed by atoms with Gasteiger partial charge in [-0.05, 0) is 18.2 Å². The molecule has 76 valence electrons. The fourth-order valence-electron chi connectivity index (χ4n) is 1.07. The van der Waals surface area contributed by atoms with E-state index in [9.17, 15) is 5.11 Å². The molecule has 1 heterocycles. The van der Waals surface area contributed by atoms with Crippen LogP contribution < -0.4 is 11.1 Å². The summed E-state index contributed by atoms with van der Waals surface area (Å²) in [5, 5.41) is 12.1. The average molecular weight is 203 g/mol. The highest BCUT2D eigenvalue weighted by Gasteiger charge is 2.00. The van der Waals surface area contributed by atoms with Crippen molar-refractivity contribution in [2.45, 2.75) is 0 Å². The van der Waals surface area contributed by atoms with Gasteiger partial charge in [0.15, 0.2) is 0 Å². The Morgan fingerprint density at radius 3 is 2.60 bits per heavy atom. The normalized spacial score (nSPS) is 9.87. The molecule has 0 fully saturated rings. The van der Waals surface area contributed by atoms with Crippen LogP contribution in [0.4, 0.5) is 17.3 Å². The molecule has 0 saturated carbocycles. The molecule has 15 heavy (non-hydrogen) atoms. The molecule has 6 nitrogen and oxygen atoms in total. The Labute approximate surface area is 85.8 Å². The zero-order chi connectivity index (χ0) is 10.7. The van der Waals surface area contributed by atoms with Crippen LogP contribution in [0.1, 0.15) is 0 Å². The second-order valence-electron chi connectivity index (χ2n) is 2.86. The summed E-state index contributed by atoms with van der Waals surface area (Å²) in [7, 11) is 0. The highest BCUT2D eigenvalue weighted by atomic mass is 16.3. The van der Waals surface area contributed by atoms with Gasteiger partial charge in [0.2, 0.25) is 5.95 Å². The lowest BCUT2D eigenvalue weighted by Crippen LogP contribution is -1.97. The predicted molar refractivity (Wildman–Crippen MR) is 55.6 cm³/mol. The Hall–Kier alpha value is -2.37. The molecule has 0 radical (unpaired) electrons. The van der Waals surface area contributed by atoms with Crippen LogP contribution in [0.5, 0.6) is 5.75 Å². The maximum Gasteiger partial charge on any atom is 0.230 e. The SMILES string of the molecule is Nc1cc(Nc2ncncn2)ccc1O. The third kappa shape index (κ3) is 2.11. The van der Waals surface area contributed by atoms with Crippen molar-refractivity contribution in [2.24, 2.45) is 0 Å². The number of nitrogens with two attached hydrogens (primary N) is 1. The number of nitrogens with one attached hydrogen (secondary N) is 1. The van der Waals surface area contributed by atoms with Gasteiger partial charge in [-0.15, -0.1) is 0 Å². The van der Waals surface area contributed by atoms with Crippen molar-refractivity contribution in [1.82, 2.24) is 15.0 Å². The zero-order valence-electron chi connectivity index (χ0n) is 7.75. The van der Waals surface area contributed by atoms with Gasteiger partial charge in [-0.2, -0.15) is 0 Å². The van der Waals surface area contributed by atoms with Gasteiger partial charge in [-0.3, -0.25) is 0 Å². The fourth-order valence-corrected chi connectivity index (χ4v) is 1.07. The average Bonchev–Trinajstić information content (AvgIpc) is 2.25. The number of rotatable bonds is 2. The number of benzene rings is 1. The van der Waals surface area contributed by atoms with Gasteiger partial charge in [-0.25, -0.2) is 15.0 Å². The van der Waals surface area contributed by atoms with Crippen LogP contribution in [0, 0.1) is 0 Å². The number of nitrogen functional groups attached to an aromatic ring is 1. The van der Waals surface area contributed by atoms with Crippen molar-refractivity contribution in [1.29, 1.82) is 0 Å². The maximum atomic E-state index is 9.22. The van der Waals surface area contributed by atoms with Crippen molar-refractivity contribution >= 4 is 17.3 Å². The standard InChI is InChI=1S/C9H9N5O/c10-7-3-6(1-2-8(7)15)14-9-12-4-11-5-13-9/h1-5,15H,10H2,(H,11,12,13,14). The molecule has 0 unspecified atom stereocenters. The number of anilines is 3. The quantitative estimate of drug-likeness (QED) is 0.381. The topological polar surface area (TPSA) is 97.0 Å². The molecule has 4 N–H and O–H groups in total. The summed E-state index contributed by atoms with van der Waals surface area (Å²) >= 11 is 0. The van der Waals surface area contributed by atoms with E-state index in [2.05, 4.69) is 20.3 Å². The van der Waals surface area contributed by atoms with E-state index in [0.29, 0.717) is 17.3 Å². The Morgan fingerprint density at radius 2 is 1.93 bits per heavy atom. The summed E-state index contributed by atoms with van der Waals surface area (Å²) in [6.07, 6.45) is 2.78. The van der Waals surface area contributed by atoms with Crippen molar-refractivity contribution in [3.8, 4) is 5.75 Å². The first-order chi connectivity index (χ1) is 7.25. The number of aromatic hydroxyl groups is 1. The van der Waals surface area contributed by atoms with E-state index in [4.69, 9.17) is 5.73 Å². The van der Waals surface area contributed by atoms with Crippen LogP contribution in [0.2, 0.25) is 0 Å². The molecule has 0 amide bonds. The van der Waals surface area contributed by atoms with E-state index in [1.807, 2.05) is 0 Å². The van der Waals surface area contributed by atoms with Gasteiger partial charge in [0, 0.05) is 5.69 Å². The summed E-state index contributed by atoms with van der Waals surface area (Å²) in [5.74, 6) is 0.478. The van der Waals surface area contributed by atoms with E-state index in [1.54, 1.807) is 12.1 Å². The Balaban J connectivity index is 2.22. The second kappa shape index (κ2) is 3.79. The Kier molecular flexibility index (Phi) is 2.32. The second-order valence-corrected chi connectivity index (χ2v) is 2.86. The van der Waals surface area contributed by atoms with Gasteiger partial charge >= 0.3 is 0 Å². The lowest BCUT2D eigenvalue weighted by molar-refractivity contribution is 0.478. The van der Waals surface area contributed by atoms with Crippen molar-refractivity contribution in [3.05, 3.63) is 30.9 Å². The molecule has 1 aromatic heterocycles. The molecule has 0 aliphatic carbocycles. The highest BCUT2D eigenvalue weighted by molar-refractivity contribution is 5.64. The van der Waals surface area contributed by atoms with Crippen molar-refractivity contribution in [3.63, 3.8) is 0 Å². The van der Waals surface area contributed by atoms with Gasteiger partial charge in [0.05, 0.1) is 5.69 Å². The van der Waals surface area contributed by atoms with Gasteiger partial charge in [-0.1, -0.05) is 0 Å². The molecule has 2 rings (SSSR count). The van der Waals surface area contributed by atoms with Crippen LogP contribution >= 0.6 is 0 Å². The summed E-state index contributed by atoms with van der Waals surface area (Å²) < 4.78 is 0. The van der Waals surface area contributed by atoms with Crippen LogP contribution in [-0.4, -0.2) is 20.1 Å². The van der Waals surface area contributed by atoms with E-state index >= 15 is 0 Å². The van der Waals surface area contributed by atoms with E-state index in [1.165, 1.54) is 18.7 Å². The summed E-state index contributed by atoms with van der Waals surface area (Å²) in [6, 6.07) is 4.77. The first-order valence-electron chi connectivity index (χ1n) is 4.23. The summed E-state index contributed by atoms with van der Waals surface area (Å²) in [4.78, 5) is 11.5. The van der Waals surface area contributed by atoms with E-state index < -0.39 is 0 Å². The smallest absolute Gasteiger partial charge is 0.230 e. The molecule has 6 heteroatoms. The van der Waals surface area contributed by atoms with Crippen molar-refractivity contribution < 1.29 is 5.11 Å². The maximum absolute atomic E-state index is 9.22. The monoisotopic (exact) mass is 203 g/mol. The molecule has 0 spiro atoms. The van der Waals surface area contributed by atoms with E-state index in [0.717, 1.165) is 0 Å². The highest BCUT2D eigenvalue weighted by Crippen LogP contribution is 2.24. The minimum absolute atomic E-state index is 0.0520. The largest absolute Gasteiger partial charge is 0.506 e.